The van der Waals surface area contributed by atoms with Crippen LogP contribution in [0.5, 0.6) is 0 Å². The highest BCUT2D eigenvalue weighted by Gasteiger charge is 2.11. The molecule has 0 saturated heterocycles. The molecule has 1 atom stereocenters. The number of amides is 1. The maximum absolute atomic E-state index is 11.6. The van der Waals surface area contributed by atoms with Crippen molar-refractivity contribution in [1.29, 1.82) is 0 Å². The van der Waals surface area contributed by atoms with Gasteiger partial charge in [0.2, 0.25) is 5.91 Å². The molecule has 0 spiro atoms. The van der Waals surface area contributed by atoms with Crippen molar-refractivity contribution in [3.63, 3.8) is 0 Å². The van der Waals surface area contributed by atoms with Crippen molar-refractivity contribution < 1.29 is 4.79 Å². The van der Waals surface area contributed by atoms with Crippen molar-refractivity contribution in [1.82, 2.24) is 15.1 Å². The summed E-state index contributed by atoms with van der Waals surface area (Å²) in [6, 6.07) is -0.371. The summed E-state index contributed by atoms with van der Waals surface area (Å²) in [5, 5.41) is 6.92. The van der Waals surface area contributed by atoms with E-state index < -0.39 is 0 Å². The average molecular weight is 238 g/mol. The van der Waals surface area contributed by atoms with Crippen LogP contribution in [-0.2, 0) is 18.3 Å². The molecule has 0 bridgehead atoms. The van der Waals surface area contributed by atoms with Crippen LogP contribution in [0.4, 0.5) is 0 Å². The quantitative estimate of drug-likeness (QED) is 0.730. The summed E-state index contributed by atoms with van der Waals surface area (Å²) in [5.74, 6) is -0.0534. The van der Waals surface area contributed by atoms with Gasteiger partial charge in [0.05, 0.1) is 12.2 Å². The molecule has 1 rings (SSSR count). The van der Waals surface area contributed by atoms with E-state index in [1.54, 1.807) is 4.68 Å². The van der Waals surface area contributed by atoms with Gasteiger partial charge in [-0.15, -0.1) is 0 Å². The van der Waals surface area contributed by atoms with E-state index in [4.69, 9.17) is 5.73 Å². The Balaban J connectivity index is 2.19. The van der Waals surface area contributed by atoms with Gasteiger partial charge in [0.15, 0.2) is 0 Å². The molecule has 0 aliphatic heterocycles. The van der Waals surface area contributed by atoms with Crippen molar-refractivity contribution in [2.75, 3.05) is 6.54 Å². The molecule has 96 valence electrons. The first kappa shape index (κ1) is 13.7. The summed E-state index contributed by atoms with van der Waals surface area (Å²) in [7, 11) is 1.88. The van der Waals surface area contributed by atoms with Crippen LogP contribution < -0.4 is 11.1 Å². The Morgan fingerprint density at radius 3 is 3.00 bits per heavy atom. The van der Waals surface area contributed by atoms with Gasteiger partial charge in [-0.25, -0.2) is 0 Å². The number of aryl methyl sites for hydroxylation is 1. The lowest BCUT2D eigenvalue weighted by Crippen LogP contribution is -2.41. The lowest BCUT2D eigenvalue weighted by atomic mass is 10.1. The van der Waals surface area contributed by atoms with Crippen LogP contribution in [0.1, 0.15) is 31.7 Å². The maximum atomic E-state index is 11.6. The highest BCUT2D eigenvalue weighted by Crippen LogP contribution is 1.99. The number of hydrogen-bond acceptors (Lipinski definition) is 3. The van der Waals surface area contributed by atoms with Crippen LogP contribution >= 0.6 is 0 Å². The molecule has 0 unspecified atom stereocenters. The van der Waals surface area contributed by atoms with Crippen LogP contribution in [-0.4, -0.2) is 28.3 Å². The molecule has 0 saturated carbocycles. The number of carbonyl (C=O) groups is 1. The van der Waals surface area contributed by atoms with Crippen LogP contribution in [0.2, 0.25) is 0 Å². The van der Waals surface area contributed by atoms with E-state index in [0.29, 0.717) is 6.54 Å². The highest BCUT2D eigenvalue weighted by molar-refractivity contribution is 5.81. The van der Waals surface area contributed by atoms with E-state index in [9.17, 15) is 4.79 Å². The van der Waals surface area contributed by atoms with Gasteiger partial charge in [0, 0.05) is 19.8 Å². The Morgan fingerprint density at radius 1 is 1.65 bits per heavy atom. The van der Waals surface area contributed by atoms with Gasteiger partial charge in [-0.05, 0) is 18.4 Å². The predicted molar refractivity (Wildman–Crippen MR) is 67.4 cm³/mol. The number of nitrogens with zero attached hydrogens (tertiary/aromatic N) is 2. The SMILES string of the molecule is CCCC[C@H](N)C(=O)NCCc1cnn(C)c1. The zero-order valence-electron chi connectivity index (χ0n) is 10.6. The molecule has 1 aromatic rings. The molecule has 1 amide bonds. The number of aromatic nitrogens is 2. The second-order valence-corrected chi connectivity index (χ2v) is 4.31. The monoisotopic (exact) mass is 238 g/mol. The average Bonchev–Trinajstić information content (AvgIpc) is 2.71. The number of nitrogens with two attached hydrogens (primary N) is 1. The van der Waals surface area contributed by atoms with Gasteiger partial charge in [-0.3, -0.25) is 9.48 Å². The summed E-state index contributed by atoms with van der Waals surface area (Å²) in [4.78, 5) is 11.6. The lowest BCUT2D eigenvalue weighted by Gasteiger charge is -2.11. The van der Waals surface area contributed by atoms with Gasteiger partial charge in [-0.2, -0.15) is 5.10 Å². The predicted octanol–water partition coefficient (Wildman–Crippen LogP) is 0.596. The Kier molecular flexibility index (Phi) is 5.69. The number of hydrogen-bond donors (Lipinski definition) is 2. The third-order valence-corrected chi connectivity index (χ3v) is 2.68. The normalized spacial score (nSPS) is 12.4. The Morgan fingerprint density at radius 2 is 2.41 bits per heavy atom. The fourth-order valence-electron chi connectivity index (χ4n) is 1.62. The molecule has 0 aromatic carbocycles. The van der Waals surface area contributed by atoms with Gasteiger partial charge in [0.25, 0.3) is 0 Å². The van der Waals surface area contributed by atoms with Crippen LogP contribution in [0, 0.1) is 0 Å². The Hall–Kier alpha value is -1.36. The van der Waals surface area contributed by atoms with E-state index in [2.05, 4.69) is 17.3 Å². The van der Waals surface area contributed by atoms with E-state index >= 15 is 0 Å². The van der Waals surface area contributed by atoms with Crippen molar-refractivity contribution >= 4 is 5.91 Å². The zero-order valence-corrected chi connectivity index (χ0v) is 10.6. The first-order valence-electron chi connectivity index (χ1n) is 6.14. The summed E-state index contributed by atoms with van der Waals surface area (Å²) in [6.07, 6.45) is 7.37. The summed E-state index contributed by atoms with van der Waals surface area (Å²) in [6.45, 7) is 2.71. The van der Waals surface area contributed by atoms with Gasteiger partial charge in [-0.1, -0.05) is 19.8 Å². The van der Waals surface area contributed by atoms with E-state index in [1.165, 1.54) is 0 Å². The third-order valence-electron chi connectivity index (χ3n) is 2.68. The molecule has 17 heavy (non-hydrogen) atoms. The molecular weight excluding hydrogens is 216 g/mol. The Bertz CT molecular complexity index is 348. The fraction of sp³-hybridized carbons (Fsp3) is 0.667. The van der Waals surface area contributed by atoms with Gasteiger partial charge in [0.1, 0.15) is 0 Å². The van der Waals surface area contributed by atoms with E-state index in [1.807, 2.05) is 19.4 Å². The van der Waals surface area contributed by atoms with Gasteiger partial charge >= 0.3 is 0 Å². The molecule has 0 radical (unpaired) electrons. The number of rotatable bonds is 7. The minimum absolute atomic E-state index is 0.0534. The van der Waals surface area contributed by atoms with E-state index in [0.717, 1.165) is 31.2 Å². The van der Waals surface area contributed by atoms with Crippen LogP contribution in [0.25, 0.3) is 0 Å². The van der Waals surface area contributed by atoms with Crippen LogP contribution in [0.15, 0.2) is 12.4 Å². The molecule has 5 heteroatoms. The molecular formula is C12H22N4O. The molecule has 0 fully saturated rings. The first-order valence-corrected chi connectivity index (χ1v) is 6.14. The van der Waals surface area contributed by atoms with Crippen LogP contribution in [0.3, 0.4) is 0 Å². The number of carbonyl (C=O) groups excluding carboxylic acids is 1. The van der Waals surface area contributed by atoms with Crippen molar-refractivity contribution in [2.45, 2.75) is 38.6 Å². The highest BCUT2D eigenvalue weighted by atomic mass is 16.2. The second-order valence-electron chi connectivity index (χ2n) is 4.31. The maximum Gasteiger partial charge on any atom is 0.236 e. The number of nitrogens with one attached hydrogen (secondary N) is 1. The second kappa shape index (κ2) is 7.06. The summed E-state index contributed by atoms with van der Waals surface area (Å²) < 4.78 is 1.75. The largest absolute Gasteiger partial charge is 0.354 e. The summed E-state index contributed by atoms with van der Waals surface area (Å²) >= 11 is 0. The molecule has 0 aliphatic carbocycles. The van der Waals surface area contributed by atoms with Crippen molar-refractivity contribution in [3.8, 4) is 0 Å². The standard InChI is InChI=1S/C12H22N4O/c1-3-4-5-11(13)12(17)14-7-6-10-8-15-16(2)9-10/h8-9,11H,3-7,13H2,1-2H3,(H,14,17)/t11-/m0/s1. The minimum Gasteiger partial charge on any atom is -0.354 e. The van der Waals surface area contributed by atoms with Crippen molar-refractivity contribution in [3.05, 3.63) is 18.0 Å². The molecule has 1 aromatic heterocycles. The lowest BCUT2D eigenvalue weighted by molar-refractivity contribution is -0.122. The third kappa shape index (κ3) is 4.99. The smallest absolute Gasteiger partial charge is 0.236 e. The fourth-order valence-corrected chi connectivity index (χ4v) is 1.62. The molecule has 5 nitrogen and oxygen atoms in total. The molecule has 3 N–H and O–H groups in total. The molecule has 0 aliphatic rings. The summed E-state index contributed by atoms with van der Waals surface area (Å²) in [5.41, 5.74) is 6.88. The minimum atomic E-state index is -0.371. The van der Waals surface area contributed by atoms with E-state index in [-0.39, 0.29) is 11.9 Å². The molecule has 1 heterocycles. The Labute approximate surface area is 102 Å². The topological polar surface area (TPSA) is 72.9 Å². The number of unbranched alkanes of at least 4 members (excludes halogenated alkanes) is 1. The zero-order chi connectivity index (χ0) is 12.7. The van der Waals surface area contributed by atoms with Crippen molar-refractivity contribution in [2.24, 2.45) is 12.8 Å². The van der Waals surface area contributed by atoms with Gasteiger partial charge < -0.3 is 11.1 Å². The first-order chi connectivity index (χ1) is 8.13.